The first-order valence-electron chi connectivity index (χ1n) is 6.60. The molecule has 1 aromatic carbocycles. The van der Waals surface area contributed by atoms with Crippen molar-refractivity contribution in [3.8, 4) is 11.5 Å². The van der Waals surface area contributed by atoms with Crippen LogP contribution in [0.1, 0.15) is 32.3 Å². The van der Waals surface area contributed by atoms with E-state index in [1.807, 2.05) is 25.1 Å². The molecular weight excluding hydrogens is 242 g/mol. The smallest absolute Gasteiger partial charge is 0.223 e. The molecule has 0 aromatic heterocycles. The maximum Gasteiger partial charge on any atom is 0.223 e. The summed E-state index contributed by atoms with van der Waals surface area (Å²) in [6, 6.07) is 5.60. The standard InChI is InChI=1S/C15H23NO3/c1-5-6-11(2)15(17)16-10-12-7-13(18-3)9-14(8-12)19-4/h7-9,11H,5-6,10H2,1-4H3,(H,16,17). The van der Waals surface area contributed by atoms with Crippen LogP contribution in [0.2, 0.25) is 0 Å². The van der Waals surface area contributed by atoms with Crippen molar-refractivity contribution in [1.82, 2.24) is 5.32 Å². The average molecular weight is 265 g/mol. The minimum absolute atomic E-state index is 0.0532. The SMILES string of the molecule is CCCC(C)C(=O)NCc1cc(OC)cc(OC)c1. The van der Waals surface area contributed by atoms with Crippen molar-refractivity contribution in [2.75, 3.05) is 14.2 Å². The van der Waals surface area contributed by atoms with Crippen molar-refractivity contribution in [2.45, 2.75) is 33.2 Å². The Labute approximate surface area is 115 Å². The molecule has 0 spiro atoms. The van der Waals surface area contributed by atoms with Crippen molar-refractivity contribution in [2.24, 2.45) is 5.92 Å². The van der Waals surface area contributed by atoms with Crippen LogP contribution >= 0.6 is 0 Å². The summed E-state index contributed by atoms with van der Waals surface area (Å²) in [6.45, 7) is 4.52. The molecule has 0 aliphatic heterocycles. The molecule has 1 aromatic rings. The number of methoxy groups -OCH3 is 2. The van der Waals surface area contributed by atoms with E-state index in [2.05, 4.69) is 12.2 Å². The summed E-state index contributed by atoms with van der Waals surface area (Å²) < 4.78 is 10.4. The fourth-order valence-corrected chi connectivity index (χ4v) is 1.90. The Hall–Kier alpha value is -1.71. The Balaban J connectivity index is 2.64. The Bertz CT molecular complexity index is 396. The van der Waals surface area contributed by atoms with E-state index in [0.29, 0.717) is 6.54 Å². The lowest BCUT2D eigenvalue weighted by Gasteiger charge is -2.12. The Morgan fingerprint density at radius 3 is 2.26 bits per heavy atom. The largest absolute Gasteiger partial charge is 0.497 e. The highest BCUT2D eigenvalue weighted by atomic mass is 16.5. The third-order valence-corrected chi connectivity index (χ3v) is 3.05. The summed E-state index contributed by atoms with van der Waals surface area (Å²) in [4.78, 5) is 11.8. The molecule has 0 radical (unpaired) electrons. The molecule has 19 heavy (non-hydrogen) atoms. The van der Waals surface area contributed by atoms with Gasteiger partial charge in [-0.1, -0.05) is 20.3 Å². The van der Waals surface area contributed by atoms with E-state index in [4.69, 9.17) is 9.47 Å². The maximum absolute atomic E-state index is 11.8. The summed E-state index contributed by atoms with van der Waals surface area (Å²) >= 11 is 0. The summed E-state index contributed by atoms with van der Waals surface area (Å²) in [5.41, 5.74) is 0.966. The predicted molar refractivity (Wildman–Crippen MR) is 75.5 cm³/mol. The topological polar surface area (TPSA) is 47.6 Å². The molecule has 0 heterocycles. The first-order valence-corrected chi connectivity index (χ1v) is 6.60. The molecule has 4 nitrogen and oxygen atoms in total. The fourth-order valence-electron chi connectivity index (χ4n) is 1.90. The Morgan fingerprint density at radius 2 is 1.79 bits per heavy atom. The van der Waals surface area contributed by atoms with Gasteiger partial charge in [-0.25, -0.2) is 0 Å². The lowest BCUT2D eigenvalue weighted by Crippen LogP contribution is -2.28. The molecule has 1 N–H and O–H groups in total. The third-order valence-electron chi connectivity index (χ3n) is 3.05. The van der Waals surface area contributed by atoms with E-state index in [1.165, 1.54) is 0 Å². The van der Waals surface area contributed by atoms with Crippen LogP contribution in [-0.2, 0) is 11.3 Å². The van der Waals surface area contributed by atoms with Crippen LogP contribution < -0.4 is 14.8 Å². The molecule has 4 heteroatoms. The van der Waals surface area contributed by atoms with E-state index in [0.717, 1.165) is 29.9 Å². The highest BCUT2D eigenvalue weighted by molar-refractivity contribution is 5.78. The molecule has 0 aliphatic carbocycles. The minimum atomic E-state index is 0.0532. The molecule has 0 bridgehead atoms. The van der Waals surface area contributed by atoms with Gasteiger partial charge in [-0.15, -0.1) is 0 Å². The number of hydrogen-bond donors (Lipinski definition) is 1. The fraction of sp³-hybridized carbons (Fsp3) is 0.533. The minimum Gasteiger partial charge on any atom is -0.497 e. The molecule has 1 unspecified atom stereocenters. The van der Waals surface area contributed by atoms with Crippen molar-refractivity contribution in [3.05, 3.63) is 23.8 Å². The van der Waals surface area contributed by atoms with Gasteiger partial charge in [0.2, 0.25) is 5.91 Å². The zero-order chi connectivity index (χ0) is 14.3. The second kappa shape index (κ2) is 7.67. The van der Waals surface area contributed by atoms with Crippen molar-refractivity contribution in [1.29, 1.82) is 0 Å². The number of amides is 1. The molecule has 0 saturated heterocycles. The van der Waals surface area contributed by atoms with Gasteiger partial charge in [0, 0.05) is 18.5 Å². The van der Waals surface area contributed by atoms with Gasteiger partial charge in [-0.3, -0.25) is 4.79 Å². The van der Waals surface area contributed by atoms with Crippen LogP contribution in [-0.4, -0.2) is 20.1 Å². The van der Waals surface area contributed by atoms with Crippen molar-refractivity contribution >= 4 is 5.91 Å². The average Bonchev–Trinajstić information content (AvgIpc) is 2.44. The molecule has 0 fully saturated rings. The molecule has 0 aliphatic rings. The van der Waals surface area contributed by atoms with Gasteiger partial charge in [-0.05, 0) is 24.1 Å². The molecule has 1 amide bonds. The summed E-state index contributed by atoms with van der Waals surface area (Å²) in [7, 11) is 3.22. The maximum atomic E-state index is 11.8. The van der Waals surface area contributed by atoms with Gasteiger partial charge in [-0.2, -0.15) is 0 Å². The number of rotatable bonds is 7. The Morgan fingerprint density at radius 1 is 1.21 bits per heavy atom. The second-order valence-corrected chi connectivity index (χ2v) is 4.63. The van der Waals surface area contributed by atoms with E-state index < -0.39 is 0 Å². The van der Waals surface area contributed by atoms with E-state index in [1.54, 1.807) is 14.2 Å². The number of hydrogen-bond acceptors (Lipinski definition) is 3. The number of benzene rings is 1. The summed E-state index contributed by atoms with van der Waals surface area (Å²) in [5, 5.41) is 2.94. The van der Waals surface area contributed by atoms with Gasteiger partial charge < -0.3 is 14.8 Å². The lowest BCUT2D eigenvalue weighted by atomic mass is 10.1. The zero-order valence-electron chi connectivity index (χ0n) is 12.2. The number of nitrogens with one attached hydrogen (secondary N) is 1. The highest BCUT2D eigenvalue weighted by Crippen LogP contribution is 2.22. The monoisotopic (exact) mass is 265 g/mol. The van der Waals surface area contributed by atoms with Crippen LogP contribution in [0.3, 0.4) is 0 Å². The molecule has 0 saturated carbocycles. The van der Waals surface area contributed by atoms with Crippen molar-refractivity contribution < 1.29 is 14.3 Å². The van der Waals surface area contributed by atoms with Gasteiger partial charge in [0.15, 0.2) is 0 Å². The van der Waals surface area contributed by atoms with Gasteiger partial charge in [0.25, 0.3) is 0 Å². The van der Waals surface area contributed by atoms with Crippen LogP contribution in [0.25, 0.3) is 0 Å². The number of ether oxygens (including phenoxy) is 2. The summed E-state index contributed by atoms with van der Waals surface area (Å²) in [5.74, 6) is 1.59. The molecule has 1 atom stereocenters. The number of carbonyl (C=O) groups excluding carboxylic acids is 1. The second-order valence-electron chi connectivity index (χ2n) is 4.63. The zero-order valence-corrected chi connectivity index (χ0v) is 12.2. The van der Waals surface area contributed by atoms with Crippen LogP contribution in [0.5, 0.6) is 11.5 Å². The van der Waals surface area contributed by atoms with Gasteiger partial charge >= 0.3 is 0 Å². The molecule has 106 valence electrons. The Kier molecular flexibility index (Phi) is 6.19. The molecular formula is C15H23NO3. The first-order chi connectivity index (χ1) is 9.10. The summed E-state index contributed by atoms with van der Waals surface area (Å²) in [6.07, 6.45) is 1.93. The molecule has 1 rings (SSSR count). The van der Waals surface area contributed by atoms with Gasteiger partial charge in [0.1, 0.15) is 11.5 Å². The van der Waals surface area contributed by atoms with Crippen molar-refractivity contribution in [3.63, 3.8) is 0 Å². The van der Waals surface area contributed by atoms with E-state index >= 15 is 0 Å². The van der Waals surface area contributed by atoms with Gasteiger partial charge in [0.05, 0.1) is 14.2 Å². The van der Waals surface area contributed by atoms with Crippen LogP contribution in [0, 0.1) is 5.92 Å². The van der Waals surface area contributed by atoms with E-state index in [9.17, 15) is 4.79 Å². The number of carbonyl (C=O) groups is 1. The first kappa shape index (κ1) is 15.3. The quantitative estimate of drug-likeness (QED) is 0.824. The lowest BCUT2D eigenvalue weighted by molar-refractivity contribution is -0.124. The predicted octanol–water partition coefficient (Wildman–Crippen LogP) is 2.76. The third kappa shape index (κ3) is 4.81. The highest BCUT2D eigenvalue weighted by Gasteiger charge is 2.11. The van der Waals surface area contributed by atoms with E-state index in [-0.39, 0.29) is 11.8 Å². The van der Waals surface area contributed by atoms with Crippen LogP contribution in [0.4, 0.5) is 0 Å². The normalized spacial score (nSPS) is 11.8. The van der Waals surface area contributed by atoms with Crippen LogP contribution in [0.15, 0.2) is 18.2 Å².